The highest BCUT2D eigenvalue weighted by molar-refractivity contribution is 5.89. The molecule has 0 amide bonds. The Morgan fingerprint density at radius 2 is 1.00 bits per heavy atom. The van der Waals surface area contributed by atoms with Gasteiger partial charge in [0.25, 0.3) is 0 Å². The van der Waals surface area contributed by atoms with Crippen LogP contribution >= 0.6 is 0 Å². The first-order valence-corrected chi connectivity index (χ1v) is 6.01. The maximum absolute atomic E-state index is 9.55. The van der Waals surface area contributed by atoms with Crippen molar-refractivity contribution in [3.8, 4) is 0 Å². The highest BCUT2D eigenvalue weighted by Gasteiger charge is 1.88. The van der Waals surface area contributed by atoms with Crippen molar-refractivity contribution in [1.29, 1.82) is 0 Å². The van der Waals surface area contributed by atoms with E-state index in [0.717, 1.165) is 26.2 Å². The lowest BCUT2D eigenvalue weighted by Gasteiger charge is -1.86. The number of carboxylic acid groups (broad SMARTS) is 2. The molecule has 0 atom stereocenters. The van der Waals surface area contributed by atoms with Crippen LogP contribution in [0.5, 0.6) is 0 Å². The fourth-order valence-electron chi connectivity index (χ4n) is 0.643. The Kier molecular flexibility index (Phi) is 25.4. The van der Waals surface area contributed by atoms with Crippen molar-refractivity contribution in [2.45, 2.75) is 27.7 Å². The normalized spacial score (nSPS) is 8.89. The van der Waals surface area contributed by atoms with Crippen LogP contribution < -0.4 is 10.6 Å². The van der Waals surface area contributed by atoms with Crippen molar-refractivity contribution in [2.24, 2.45) is 0 Å². The van der Waals surface area contributed by atoms with Crippen molar-refractivity contribution >= 4 is 11.9 Å². The average Bonchev–Trinajstić information content (AvgIpc) is 2.30. The van der Waals surface area contributed by atoms with E-state index in [4.69, 9.17) is 10.2 Å². The maximum Gasteiger partial charge on any atom is 0.328 e. The molecular formula is C12H26N2O4. The summed E-state index contributed by atoms with van der Waals surface area (Å²) in [5, 5.41) is 21.8. The molecule has 6 heteroatoms. The molecule has 18 heavy (non-hydrogen) atoms. The van der Waals surface area contributed by atoms with Crippen LogP contribution in [0.2, 0.25) is 0 Å². The van der Waals surface area contributed by atoms with Gasteiger partial charge in [-0.25, -0.2) is 9.59 Å². The monoisotopic (exact) mass is 262 g/mol. The van der Waals surface area contributed by atoms with Crippen LogP contribution in [0, 0.1) is 0 Å². The summed E-state index contributed by atoms with van der Waals surface area (Å²) in [7, 11) is 0. The second-order valence-corrected chi connectivity index (χ2v) is 2.92. The molecule has 108 valence electrons. The highest BCUT2D eigenvalue weighted by Crippen LogP contribution is 1.70. The highest BCUT2D eigenvalue weighted by atomic mass is 16.4. The average molecular weight is 262 g/mol. The Bertz CT molecular complexity index is 192. The summed E-state index contributed by atoms with van der Waals surface area (Å²) in [6, 6.07) is 0. The molecule has 0 heterocycles. The van der Waals surface area contributed by atoms with Gasteiger partial charge < -0.3 is 20.8 Å². The fraction of sp³-hybridized carbons (Fsp3) is 0.667. The van der Waals surface area contributed by atoms with Crippen LogP contribution in [0.1, 0.15) is 27.7 Å². The van der Waals surface area contributed by atoms with Crippen LogP contribution in [0.3, 0.4) is 0 Å². The third-order valence-corrected chi connectivity index (χ3v) is 1.37. The maximum atomic E-state index is 9.55. The van der Waals surface area contributed by atoms with E-state index in [1.807, 2.05) is 0 Å². The summed E-state index contributed by atoms with van der Waals surface area (Å²) in [5.74, 6) is -2.51. The molecule has 4 N–H and O–H groups in total. The predicted molar refractivity (Wildman–Crippen MR) is 72.8 cm³/mol. The van der Waals surface area contributed by atoms with Gasteiger partial charge in [-0.1, -0.05) is 27.7 Å². The summed E-state index contributed by atoms with van der Waals surface area (Å²) in [4.78, 5) is 19.1. The number of nitrogens with one attached hydrogen (secondary N) is 2. The van der Waals surface area contributed by atoms with Gasteiger partial charge in [0, 0.05) is 12.2 Å². The third-order valence-electron chi connectivity index (χ3n) is 1.37. The van der Waals surface area contributed by atoms with Crippen LogP contribution in [0.4, 0.5) is 0 Å². The van der Waals surface area contributed by atoms with Crippen molar-refractivity contribution < 1.29 is 19.8 Å². The Morgan fingerprint density at radius 3 is 1.06 bits per heavy atom. The lowest BCUT2D eigenvalue weighted by Crippen LogP contribution is -2.09. The van der Waals surface area contributed by atoms with Gasteiger partial charge in [0.15, 0.2) is 0 Å². The van der Waals surface area contributed by atoms with E-state index in [0.29, 0.717) is 12.2 Å². The Morgan fingerprint density at radius 1 is 0.778 bits per heavy atom. The van der Waals surface area contributed by atoms with Gasteiger partial charge in [0.2, 0.25) is 0 Å². The number of hydrogen-bond donors (Lipinski definition) is 4. The molecule has 0 rings (SSSR count). The zero-order valence-corrected chi connectivity index (χ0v) is 11.7. The van der Waals surface area contributed by atoms with E-state index in [9.17, 15) is 9.59 Å². The Balaban J connectivity index is -0.000000197. The van der Waals surface area contributed by atoms with Crippen molar-refractivity contribution in [3.05, 3.63) is 12.2 Å². The van der Waals surface area contributed by atoms with Crippen LogP contribution in [-0.2, 0) is 9.59 Å². The number of rotatable bonds is 6. The molecular weight excluding hydrogens is 236 g/mol. The van der Waals surface area contributed by atoms with Crippen LogP contribution in [0.15, 0.2) is 12.2 Å². The molecule has 0 bridgehead atoms. The Labute approximate surface area is 109 Å². The smallest absolute Gasteiger partial charge is 0.328 e. The number of hydrogen-bond acceptors (Lipinski definition) is 4. The summed E-state index contributed by atoms with van der Waals surface area (Å²) >= 11 is 0. The second kappa shape index (κ2) is 20.9. The van der Waals surface area contributed by atoms with Gasteiger partial charge in [-0.15, -0.1) is 0 Å². The molecule has 0 aromatic carbocycles. The predicted octanol–water partition coefficient (Wildman–Crippen LogP) is 0.943. The summed E-state index contributed by atoms with van der Waals surface area (Å²) in [5.41, 5.74) is 0. The van der Waals surface area contributed by atoms with Crippen molar-refractivity contribution in [3.63, 3.8) is 0 Å². The zero-order valence-electron chi connectivity index (χ0n) is 11.7. The molecule has 0 fully saturated rings. The molecule has 0 saturated carbocycles. The van der Waals surface area contributed by atoms with E-state index < -0.39 is 11.9 Å². The molecule has 0 saturated heterocycles. The molecule has 0 aromatic rings. The van der Waals surface area contributed by atoms with Crippen LogP contribution in [-0.4, -0.2) is 48.3 Å². The largest absolute Gasteiger partial charge is 0.478 e. The zero-order chi connectivity index (χ0) is 14.8. The first-order valence-electron chi connectivity index (χ1n) is 6.01. The minimum absolute atomic E-state index is 0.558. The number of carboxylic acids is 2. The van der Waals surface area contributed by atoms with Crippen molar-refractivity contribution in [2.75, 3.05) is 26.2 Å². The first kappa shape index (κ1) is 21.8. The Hall–Kier alpha value is -1.40. The van der Waals surface area contributed by atoms with E-state index >= 15 is 0 Å². The molecule has 6 nitrogen and oxygen atoms in total. The summed E-state index contributed by atoms with van der Waals surface area (Å²) in [6.07, 6.45) is 1.12. The molecule has 0 aliphatic rings. The molecule has 0 unspecified atom stereocenters. The minimum Gasteiger partial charge on any atom is -0.478 e. The standard InChI is InChI=1S/2C4H11N.C4H4O4/c2*1-3-5-4-2;5-3(6)1-2-4(7)8/h2*5H,3-4H2,1-2H3;1-2H,(H,5,6)(H,7,8). The van der Waals surface area contributed by atoms with Gasteiger partial charge in [0.05, 0.1) is 0 Å². The number of aliphatic carboxylic acids is 2. The summed E-state index contributed by atoms with van der Waals surface area (Å²) in [6.45, 7) is 12.8. The topological polar surface area (TPSA) is 98.7 Å². The first-order chi connectivity index (χ1) is 8.45. The van der Waals surface area contributed by atoms with Crippen LogP contribution in [0.25, 0.3) is 0 Å². The fourth-order valence-corrected chi connectivity index (χ4v) is 0.643. The molecule has 0 aromatic heterocycles. The van der Waals surface area contributed by atoms with Gasteiger partial charge in [-0.3, -0.25) is 0 Å². The van der Waals surface area contributed by atoms with Gasteiger partial charge in [-0.2, -0.15) is 0 Å². The van der Waals surface area contributed by atoms with E-state index in [1.54, 1.807) is 0 Å². The van der Waals surface area contributed by atoms with E-state index in [2.05, 4.69) is 38.3 Å². The lowest BCUT2D eigenvalue weighted by atomic mass is 10.5. The number of carbonyl (C=O) groups is 2. The molecule has 0 aliphatic carbocycles. The van der Waals surface area contributed by atoms with E-state index in [1.165, 1.54) is 0 Å². The van der Waals surface area contributed by atoms with Gasteiger partial charge in [-0.05, 0) is 26.2 Å². The molecule has 0 radical (unpaired) electrons. The van der Waals surface area contributed by atoms with E-state index in [-0.39, 0.29) is 0 Å². The quantitative estimate of drug-likeness (QED) is 0.532. The van der Waals surface area contributed by atoms with Crippen molar-refractivity contribution in [1.82, 2.24) is 10.6 Å². The van der Waals surface area contributed by atoms with Gasteiger partial charge >= 0.3 is 11.9 Å². The van der Waals surface area contributed by atoms with Gasteiger partial charge in [0.1, 0.15) is 0 Å². The summed E-state index contributed by atoms with van der Waals surface area (Å²) < 4.78 is 0. The lowest BCUT2D eigenvalue weighted by molar-refractivity contribution is -0.134. The molecule has 0 spiro atoms. The third kappa shape index (κ3) is 46.8. The molecule has 0 aliphatic heterocycles. The SMILES string of the molecule is CCNCC.CCNCC.O=C(O)C=CC(=O)O. The minimum atomic E-state index is -1.26. The second-order valence-electron chi connectivity index (χ2n) is 2.92.